The lowest BCUT2D eigenvalue weighted by Gasteiger charge is -2.17. The molecule has 0 atom stereocenters. The highest BCUT2D eigenvalue weighted by atomic mass is 32.2. The lowest BCUT2D eigenvalue weighted by molar-refractivity contribution is 0.414. The third kappa shape index (κ3) is 5.46. The number of nitrogens with one attached hydrogen (secondary N) is 2. The molecule has 1 aromatic carbocycles. The second-order valence-electron chi connectivity index (χ2n) is 4.45. The van der Waals surface area contributed by atoms with Gasteiger partial charge in [-0.3, -0.25) is 0 Å². The minimum absolute atomic E-state index is 0.267. The molecule has 0 aliphatic carbocycles. The van der Waals surface area contributed by atoms with E-state index < -0.39 is 10.2 Å². The Morgan fingerprint density at radius 2 is 1.90 bits per heavy atom. The van der Waals surface area contributed by atoms with Gasteiger partial charge in [0.05, 0.1) is 7.11 Å². The summed E-state index contributed by atoms with van der Waals surface area (Å²) < 4.78 is 32.9. The van der Waals surface area contributed by atoms with E-state index in [4.69, 9.17) is 4.74 Å². The van der Waals surface area contributed by atoms with Gasteiger partial charge in [-0.05, 0) is 37.7 Å². The molecule has 0 heterocycles. The molecule has 2 N–H and O–H groups in total. The van der Waals surface area contributed by atoms with E-state index in [0.29, 0.717) is 6.54 Å². The van der Waals surface area contributed by atoms with Crippen LogP contribution in [0.4, 0.5) is 0 Å². The second kappa shape index (κ2) is 8.21. The van der Waals surface area contributed by atoms with Gasteiger partial charge in [-0.25, -0.2) is 0 Å². The zero-order valence-corrected chi connectivity index (χ0v) is 13.0. The molecule has 20 heavy (non-hydrogen) atoms. The molecule has 1 aromatic rings. The van der Waals surface area contributed by atoms with E-state index in [1.165, 1.54) is 4.31 Å². The van der Waals surface area contributed by atoms with Crippen LogP contribution in [0.15, 0.2) is 24.3 Å². The maximum atomic E-state index is 12.0. The Morgan fingerprint density at radius 3 is 2.45 bits per heavy atom. The van der Waals surface area contributed by atoms with Gasteiger partial charge in [0.2, 0.25) is 0 Å². The summed E-state index contributed by atoms with van der Waals surface area (Å²) in [6, 6.07) is 7.28. The molecule has 0 saturated carbocycles. The fourth-order valence-electron chi connectivity index (χ4n) is 1.63. The van der Waals surface area contributed by atoms with E-state index in [0.717, 1.165) is 24.3 Å². The Balaban J connectivity index is 2.49. The van der Waals surface area contributed by atoms with E-state index >= 15 is 0 Å². The minimum atomic E-state index is -3.43. The predicted molar refractivity (Wildman–Crippen MR) is 79.9 cm³/mol. The smallest absolute Gasteiger partial charge is 0.279 e. The summed E-state index contributed by atoms with van der Waals surface area (Å²) in [4.78, 5) is 0. The quantitative estimate of drug-likeness (QED) is 0.654. The predicted octanol–water partition coefficient (Wildman–Crippen LogP) is 0.571. The molecule has 1 rings (SSSR count). The first-order valence-electron chi connectivity index (χ1n) is 6.48. The summed E-state index contributed by atoms with van der Waals surface area (Å²) in [6.07, 6.45) is 0.774. The van der Waals surface area contributed by atoms with Gasteiger partial charge in [-0.1, -0.05) is 12.1 Å². The molecule has 0 unspecified atom stereocenters. The summed E-state index contributed by atoms with van der Waals surface area (Å²) >= 11 is 0. The summed E-state index contributed by atoms with van der Waals surface area (Å²) in [5, 5.41) is 2.99. The van der Waals surface area contributed by atoms with Crippen molar-refractivity contribution >= 4 is 10.2 Å². The van der Waals surface area contributed by atoms with E-state index in [1.54, 1.807) is 26.3 Å². The van der Waals surface area contributed by atoms with Crippen LogP contribution in [-0.2, 0) is 16.8 Å². The highest BCUT2D eigenvalue weighted by Crippen LogP contribution is 2.11. The Hall–Kier alpha value is -1.15. The standard InChI is InChI=1S/C13H23N3O3S/c1-14-9-4-10-16(2)20(17,18)15-11-12-5-7-13(19-3)8-6-12/h5-8,14-15H,4,9-11H2,1-3H3. The Bertz CT molecular complexity index is 488. The molecule has 7 heteroatoms. The fraction of sp³-hybridized carbons (Fsp3) is 0.538. The summed E-state index contributed by atoms with van der Waals surface area (Å²) in [7, 11) is 1.58. The van der Waals surface area contributed by atoms with Crippen molar-refractivity contribution in [3.05, 3.63) is 29.8 Å². The fourth-order valence-corrected chi connectivity index (χ4v) is 2.57. The van der Waals surface area contributed by atoms with Gasteiger partial charge in [0.15, 0.2) is 0 Å². The first kappa shape index (κ1) is 16.9. The van der Waals surface area contributed by atoms with Crippen LogP contribution < -0.4 is 14.8 Å². The number of hydrogen-bond donors (Lipinski definition) is 2. The van der Waals surface area contributed by atoms with Crippen LogP contribution in [-0.4, -0.2) is 47.0 Å². The van der Waals surface area contributed by atoms with Crippen molar-refractivity contribution in [2.75, 3.05) is 34.3 Å². The lowest BCUT2D eigenvalue weighted by Crippen LogP contribution is -2.38. The number of ether oxygens (including phenoxy) is 1. The van der Waals surface area contributed by atoms with Crippen molar-refractivity contribution in [1.29, 1.82) is 0 Å². The summed E-state index contributed by atoms with van der Waals surface area (Å²) in [5.41, 5.74) is 0.887. The second-order valence-corrected chi connectivity index (χ2v) is 6.32. The molecular formula is C13H23N3O3S. The molecule has 0 aliphatic rings. The monoisotopic (exact) mass is 301 g/mol. The molecule has 6 nitrogen and oxygen atoms in total. The van der Waals surface area contributed by atoms with Crippen molar-refractivity contribution in [1.82, 2.24) is 14.3 Å². The van der Waals surface area contributed by atoms with Gasteiger partial charge in [0, 0.05) is 20.1 Å². The topological polar surface area (TPSA) is 70.7 Å². The molecule has 0 radical (unpaired) electrons. The number of rotatable bonds is 9. The maximum Gasteiger partial charge on any atom is 0.279 e. The number of nitrogens with zero attached hydrogens (tertiary/aromatic N) is 1. The Kier molecular flexibility index (Phi) is 6.94. The van der Waals surface area contributed by atoms with Gasteiger partial charge in [-0.2, -0.15) is 17.4 Å². The minimum Gasteiger partial charge on any atom is -0.497 e. The summed E-state index contributed by atoms with van der Waals surface area (Å²) in [5.74, 6) is 0.751. The molecule has 0 spiro atoms. The summed E-state index contributed by atoms with van der Waals surface area (Å²) in [6.45, 7) is 1.54. The maximum absolute atomic E-state index is 12.0. The van der Waals surface area contributed by atoms with Crippen molar-refractivity contribution in [3.63, 3.8) is 0 Å². The van der Waals surface area contributed by atoms with Crippen molar-refractivity contribution in [2.24, 2.45) is 0 Å². The zero-order chi connectivity index (χ0) is 15.0. The van der Waals surface area contributed by atoms with Crippen LogP contribution in [0.3, 0.4) is 0 Å². The highest BCUT2D eigenvalue weighted by molar-refractivity contribution is 7.87. The molecule has 0 saturated heterocycles. The SMILES string of the molecule is CNCCCN(C)S(=O)(=O)NCc1ccc(OC)cc1. The Morgan fingerprint density at radius 1 is 1.25 bits per heavy atom. The molecule has 114 valence electrons. The largest absolute Gasteiger partial charge is 0.497 e. The molecule has 0 fully saturated rings. The average Bonchev–Trinajstić information content (AvgIpc) is 2.46. The van der Waals surface area contributed by atoms with Crippen molar-refractivity contribution < 1.29 is 13.2 Å². The van der Waals surface area contributed by atoms with Crippen LogP contribution in [0.1, 0.15) is 12.0 Å². The molecule has 0 aliphatic heterocycles. The van der Waals surface area contributed by atoms with E-state index in [-0.39, 0.29) is 6.54 Å². The first-order valence-corrected chi connectivity index (χ1v) is 7.92. The van der Waals surface area contributed by atoms with Gasteiger partial charge >= 0.3 is 0 Å². The lowest BCUT2D eigenvalue weighted by atomic mass is 10.2. The van der Waals surface area contributed by atoms with Crippen molar-refractivity contribution in [3.8, 4) is 5.75 Å². The van der Waals surface area contributed by atoms with Crippen LogP contribution in [0.25, 0.3) is 0 Å². The van der Waals surface area contributed by atoms with Crippen molar-refractivity contribution in [2.45, 2.75) is 13.0 Å². The zero-order valence-electron chi connectivity index (χ0n) is 12.2. The molecule has 0 aromatic heterocycles. The first-order chi connectivity index (χ1) is 9.49. The molecular weight excluding hydrogens is 278 g/mol. The number of benzene rings is 1. The van der Waals surface area contributed by atoms with Crippen LogP contribution in [0.5, 0.6) is 5.75 Å². The molecule has 0 bridgehead atoms. The van der Waals surface area contributed by atoms with Gasteiger partial charge in [-0.15, -0.1) is 0 Å². The Labute approximate surface area is 121 Å². The highest BCUT2D eigenvalue weighted by Gasteiger charge is 2.16. The van der Waals surface area contributed by atoms with Crippen LogP contribution in [0, 0.1) is 0 Å². The van der Waals surface area contributed by atoms with Crippen LogP contribution >= 0.6 is 0 Å². The molecule has 0 amide bonds. The normalized spacial score (nSPS) is 11.8. The van der Waals surface area contributed by atoms with E-state index in [2.05, 4.69) is 10.0 Å². The van der Waals surface area contributed by atoms with E-state index in [9.17, 15) is 8.42 Å². The van der Waals surface area contributed by atoms with Crippen LogP contribution in [0.2, 0.25) is 0 Å². The van der Waals surface area contributed by atoms with Gasteiger partial charge in [0.25, 0.3) is 10.2 Å². The van der Waals surface area contributed by atoms with E-state index in [1.807, 2.05) is 19.2 Å². The van der Waals surface area contributed by atoms with Gasteiger partial charge in [0.1, 0.15) is 5.75 Å². The third-order valence-electron chi connectivity index (χ3n) is 2.93. The average molecular weight is 301 g/mol. The third-order valence-corrected chi connectivity index (χ3v) is 4.44. The van der Waals surface area contributed by atoms with Gasteiger partial charge < -0.3 is 10.1 Å². The number of methoxy groups -OCH3 is 1. The number of hydrogen-bond acceptors (Lipinski definition) is 4.